The lowest BCUT2D eigenvalue weighted by atomic mass is 10.1. The smallest absolute Gasteiger partial charge is 0.387 e. The molecule has 1 atom stereocenters. The van der Waals surface area contributed by atoms with Crippen LogP contribution in [0.2, 0.25) is 0 Å². The first kappa shape index (κ1) is 17.5. The predicted octanol–water partition coefficient (Wildman–Crippen LogP) is 2.87. The van der Waals surface area contributed by atoms with Crippen LogP contribution in [0.1, 0.15) is 18.5 Å². The molecule has 0 fully saturated rings. The van der Waals surface area contributed by atoms with Crippen LogP contribution in [-0.2, 0) is 7.05 Å². The van der Waals surface area contributed by atoms with Crippen molar-refractivity contribution in [1.82, 2.24) is 9.88 Å². The summed E-state index contributed by atoms with van der Waals surface area (Å²) < 4.78 is 29.8. The maximum Gasteiger partial charge on any atom is 0.387 e. The minimum Gasteiger partial charge on any atom is -0.435 e. The number of rotatable bonds is 5. The molecule has 2 N–H and O–H groups in total. The number of amides is 2. The second-order valence-corrected chi connectivity index (χ2v) is 5.11. The maximum atomic E-state index is 12.1. The van der Waals surface area contributed by atoms with E-state index in [4.69, 9.17) is 0 Å². The van der Waals surface area contributed by atoms with E-state index in [-0.39, 0.29) is 17.0 Å². The summed E-state index contributed by atoms with van der Waals surface area (Å²) >= 11 is 0. The van der Waals surface area contributed by atoms with E-state index in [1.807, 2.05) is 0 Å². The Morgan fingerprint density at radius 3 is 2.50 bits per heavy atom. The lowest BCUT2D eigenvalue weighted by Crippen LogP contribution is -2.33. The summed E-state index contributed by atoms with van der Waals surface area (Å²) in [7, 11) is 1.58. The van der Waals surface area contributed by atoms with Crippen LogP contribution in [0.15, 0.2) is 47.4 Å². The number of carbonyl (C=O) groups excluding carboxylic acids is 1. The Kier molecular flexibility index (Phi) is 5.51. The molecule has 0 aliphatic rings. The Morgan fingerprint density at radius 1 is 1.21 bits per heavy atom. The summed E-state index contributed by atoms with van der Waals surface area (Å²) in [5, 5.41) is 5.15. The molecule has 1 aromatic carbocycles. The van der Waals surface area contributed by atoms with E-state index in [1.165, 1.54) is 22.8 Å². The van der Waals surface area contributed by atoms with Crippen molar-refractivity contribution in [3.8, 4) is 5.75 Å². The van der Waals surface area contributed by atoms with E-state index in [0.717, 1.165) is 0 Å². The first-order valence-electron chi connectivity index (χ1n) is 7.14. The van der Waals surface area contributed by atoms with E-state index < -0.39 is 18.7 Å². The topological polar surface area (TPSA) is 72.4 Å². The van der Waals surface area contributed by atoms with Crippen LogP contribution < -0.4 is 20.9 Å². The molecule has 0 aliphatic carbocycles. The molecule has 2 rings (SSSR count). The van der Waals surface area contributed by atoms with Crippen LogP contribution in [0.4, 0.5) is 19.3 Å². The number of hydrogen-bond donors (Lipinski definition) is 2. The van der Waals surface area contributed by atoms with Gasteiger partial charge in [0.05, 0.1) is 6.04 Å². The molecule has 0 radical (unpaired) electrons. The molecule has 6 nitrogen and oxygen atoms in total. The van der Waals surface area contributed by atoms with Crippen LogP contribution in [0.25, 0.3) is 0 Å². The molecule has 0 saturated carbocycles. The molecule has 0 unspecified atom stereocenters. The van der Waals surface area contributed by atoms with Crippen molar-refractivity contribution in [3.05, 3.63) is 58.5 Å². The van der Waals surface area contributed by atoms with Gasteiger partial charge < -0.3 is 19.9 Å². The molecule has 0 bridgehead atoms. The fraction of sp³-hybridized carbons (Fsp3) is 0.250. The number of hydrogen-bond acceptors (Lipinski definition) is 3. The molecule has 128 valence electrons. The average Bonchev–Trinajstić information content (AvgIpc) is 2.52. The van der Waals surface area contributed by atoms with Gasteiger partial charge in [0.25, 0.3) is 5.56 Å². The van der Waals surface area contributed by atoms with Gasteiger partial charge in [0.2, 0.25) is 0 Å². The highest BCUT2D eigenvalue weighted by molar-refractivity contribution is 5.89. The number of urea groups is 1. The van der Waals surface area contributed by atoms with Crippen LogP contribution in [0, 0.1) is 0 Å². The van der Waals surface area contributed by atoms with Gasteiger partial charge in [-0.2, -0.15) is 8.78 Å². The van der Waals surface area contributed by atoms with E-state index in [1.54, 1.807) is 38.4 Å². The molecule has 0 spiro atoms. The third-order valence-electron chi connectivity index (χ3n) is 3.32. The number of carbonyl (C=O) groups is 1. The second kappa shape index (κ2) is 7.58. The molecule has 24 heavy (non-hydrogen) atoms. The van der Waals surface area contributed by atoms with Crippen LogP contribution in [0.5, 0.6) is 5.75 Å². The van der Waals surface area contributed by atoms with Gasteiger partial charge >= 0.3 is 12.6 Å². The van der Waals surface area contributed by atoms with Crippen molar-refractivity contribution >= 4 is 11.7 Å². The Morgan fingerprint density at radius 2 is 1.88 bits per heavy atom. The normalized spacial score (nSPS) is 11.9. The van der Waals surface area contributed by atoms with Crippen molar-refractivity contribution in [1.29, 1.82) is 0 Å². The quantitative estimate of drug-likeness (QED) is 0.881. The van der Waals surface area contributed by atoms with Crippen molar-refractivity contribution in [3.63, 3.8) is 0 Å². The summed E-state index contributed by atoms with van der Waals surface area (Å²) in [5.74, 6) is 0.0400. The number of aromatic nitrogens is 1. The van der Waals surface area contributed by atoms with Crippen molar-refractivity contribution in [2.45, 2.75) is 19.6 Å². The molecule has 1 heterocycles. The zero-order valence-electron chi connectivity index (χ0n) is 13.1. The minimum atomic E-state index is -2.88. The number of nitrogens with one attached hydrogen (secondary N) is 2. The van der Waals surface area contributed by atoms with Crippen LogP contribution >= 0.6 is 0 Å². The Labute approximate surface area is 137 Å². The fourth-order valence-corrected chi connectivity index (χ4v) is 2.07. The number of ether oxygens (including phenoxy) is 1. The Hall–Kier alpha value is -2.90. The van der Waals surface area contributed by atoms with Gasteiger partial charge in [0.1, 0.15) is 11.4 Å². The molecular weight excluding hydrogens is 320 g/mol. The molecule has 2 amide bonds. The standard InChI is InChI=1S/C16H17F2N3O3/c1-10(11-5-7-12(8-6-11)24-15(17)18)19-16(23)20-13-4-3-9-21(2)14(13)22/h3-10,15H,1-2H3,(H2,19,20,23)/t10-/m0/s1. The molecule has 1 aromatic heterocycles. The molecule has 8 heteroatoms. The first-order chi connectivity index (χ1) is 11.4. The van der Waals surface area contributed by atoms with Gasteiger partial charge in [-0.15, -0.1) is 0 Å². The zero-order valence-corrected chi connectivity index (χ0v) is 13.1. The van der Waals surface area contributed by atoms with Gasteiger partial charge in [0, 0.05) is 13.2 Å². The van der Waals surface area contributed by atoms with Gasteiger partial charge in [-0.25, -0.2) is 4.79 Å². The summed E-state index contributed by atoms with van der Waals surface area (Å²) in [5.41, 5.74) is 0.534. The second-order valence-electron chi connectivity index (χ2n) is 5.11. The lowest BCUT2D eigenvalue weighted by Gasteiger charge is -2.15. The van der Waals surface area contributed by atoms with Crippen molar-refractivity contribution in [2.75, 3.05) is 5.32 Å². The number of anilines is 1. The first-order valence-corrected chi connectivity index (χ1v) is 7.14. The SMILES string of the molecule is C[C@H](NC(=O)Nc1cccn(C)c1=O)c1ccc(OC(F)F)cc1. The highest BCUT2D eigenvalue weighted by atomic mass is 19.3. The third-order valence-corrected chi connectivity index (χ3v) is 3.32. The van der Waals surface area contributed by atoms with Gasteiger partial charge in [-0.3, -0.25) is 4.79 Å². The van der Waals surface area contributed by atoms with Crippen LogP contribution in [-0.4, -0.2) is 17.2 Å². The largest absolute Gasteiger partial charge is 0.435 e. The number of benzene rings is 1. The number of pyridine rings is 1. The van der Waals surface area contributed by atoms with Gasteiger partial charge in [0.15, 0.2) is 0 Å². The number of aryl methyl sites for hydroxylation is 1. The van der Waals surface area contributed by atoms with E-state index in [9.17, 15) is 18.4 Å². The van der Waals surface area contributed by atoms with Gasteiger partial charge in [-0.05, 0) is 36.8 Å². The highest BCUT2D eigenvalue weighted by Crippen LogP contribution is 2.19. The summed E-state index contributed by atoms with van der Waals surface area (Å²) in [6, 6.07) is 8.14. The van der Waals surface area contributed by atoms with E-state index in [2.05, 4.69) is 15.4 Å². The van der Waals surface area contributed by atoms with Crippen molar-refractivity contribution in [2.24, 2.45) is 7.05 Å². The highest BCUT2D eigenvalue weighted by Gasteiger charge is 2.12. The van der Waals surface area contributed by atoms with E-state index >= 15 is 0 Å². The Balaban J connectivity index is 1.98. The maximum absolute atomic E-state index is 12.1. The summed E-state index contributed by atoms with van der Waals surface area (Å²) in [6.45, 7) is -1.16. The lowest BCUT2D eigenvalue weighted by molar-refractivity contribution is -0.0498. The average molecular weight is 337 g/mol. The molecule has 0 saturated heterocycles. The molecule has 0 aliphatic heterocycles. The Bertz CT molecular complexity index is 760. The predicted molar refractivity (Wildman–Crippen MR) is 85.3 cm³/mol. The zero-order chi connectivity index (χ0) is 17.7. The molecular formula is C16H17F2N3O3. The summed E-state index contributed by atoms with van der Waals surface area (Å²) in [6.07, 6.45) is 1.58. The minimum absolute atomic E-state index is 0.0400. The number of nitrogens with zero attached hydrogens (tertiary/aromatic N) is 1. The number of halogens is 2. The fourth-order valence-electron chi connectivity index (χ4n) is 2.07. The van der Waals surface area contributed by atoms with E-state index in [0.29, 0.717) is 5.56 Å². The van der Waals surface area contributed by atoms with Crippen molar-refractivity contribution < 1.29 is 18.3 Å². The summed E-state index contributed by atoms with van der Waals surface area (Å²) in [4.78, 5) is 23.8. The van der Waals surface area contributed by atoms with Gasteiger partial charge in [-0.1, -0.05) is 12.1 Å². The number of alkyl halides is 2. The van der Waals surface area contributed by atoms with Crippen LogP contribution in [0.3, 0.4) is 0 Å². The third kappa shape index (κ3) is 4.55. The monoisotopic (exact) mass is 337 g/mol. The molecule has 2 aromatic rings.